The maximum absolute atomic E-state index is 11.9. The van der Waals surface area contributed by atoms with Gasteiger partial charge in [-0.25, -0.2) is 4.98 Å². The van der Waals surface area contributed by atoms with Gasteiger partial charge >= 0.3 is 0 Å². The zero-order valence-corrected chi connectivity index (χ0v) is 13.6. The minimum atomic E-state index is 0.0683. The van der Waals surface area contributed by atoms with Crippen molar-refractivity contribution in [2.45, 2.75) is 46.7 Å². The van der Waals surface area contributed by atoms with Crippen molar-refractivity contribution in [1.82, 2.24) is 15.2 Å². The highest BCUT2D eigenvalue weighted by Crippen LogP contribution is 2.14. The van der Waals surface area contributed by atoms with Crippen LogP contribution in [0.1, 0.15) is 39.7 Å². The summed E-state index contributed by atoms with van der Waals surface area (Å²) in [4.78, 5) is 18.4. The van der Waals surface area contributed by atoms with Gasteiger partial charge in [-0.15, -0.1) is 0 Å². The Kier molecular flexibility index (Phi) is 7.75. The molecule has 0 radical (unpaired) electrons. The van der Waals surface area contributed by atoms with Crippen molar-refractivity contribution in [3.05, 3.63) is 23.9 Å². The van der Waals surface area contributed by atoms with Crippen LogP contribution in [0, 0.1) is 0 Å². The standard InChI is InChI=1S/C16H28N4O/c1-5-9-17-16-14(8-7-10-18-16)11-20(6-2)12-15(21)19-13(3)4/h7-8,10,13H,5-6,9,11-12H2,1-4H3,(H,17,18)(H,19,21). The molecule has 5 nitrogen and oxygen atoms in total. The first-order valence-corrected chi connectivity index (χ1v) is 7.76. The quantitative estimate of drug-likeness (QED) is 0.733. The van der Waals surface area contributed by atoms with Crippen molar-refractivity contribution in [1.29, 1.82) is 0 Å². The van der Waals surface area contributed by atoms with Gasteiger partial charge in [0.15, 0.2) is 0 Å². The van der Waals surface area contributed by atoms with Crippen LogP contribution in [0.3, 0.4) is 0 Å². The Bertz CT molecular complexity index is 434. The molecular formula is C16H28N4O. The molecule has 0 fully saturated rings. The summed E-state index contributed by atoms with van der Waals surface area (Å²) in [5.74, 6) is 0.987. The summed E-state index contributed by atoms with van der Waals surface area (Å²) < 4.78 is 0. The molecular weight excluding hydrogens is 264 g/mol. The molecule has 1 amide bonds. The minimum absolute atomic E-state index is 0.0683. The first-order valence-electron chi connectivity index (χ1n) is 7.76. The van der Waals surface area contributed by atoms with Crippen LogP contribution in [0.4, 0.5) is 5.82 Å². The Balaban J connectivity index is 2.66. The number of likely N-dealkylation sites (N-methyl/N-ethyl adjacent to an activating group) is 1. The zero-order valence-electron chi connectivity index (χ0n) is 13.6. The van der Waals surface area contributed by atoms with Crippen molar-refractivity contribution < 1.29 is 4.79 Å². The second-order valence-corrected chi connectivity index (χ2v) is 5.46. The Morgan fingerprint density at radius 3 is 2.76 bits per heavy atom. The number of pyridine rings is 1. The normalized spacial score (nSPS) is 11.0. The molecule has 0 bridgehead atoms. The lowest BCUT2D eigenvalue weighted by Gasteiger charge is -2.22. The number of nitrogens with zero attached hydrogens (tertiary/aromatic N) is 2. The van der Waals surface area contributed by atoms with Crippen LogP contribution in [0.2, 0.25) is 0 Å². The molecule has 1 rings (SSSR count). The molecule has 0 unspecified atom stereocenters. The molecule has 0 aliphatic heterocycles. The number of anilines is 1. The van der Waals surface area contributed by atoms with Gasteiger partial charge in [0.05, 0.1) is 6.54 Å². The molecule has 21 heavy (non-hydrogen) atoms. The fraction of sp³-hybridized carbons (Fsp3) is 0.625. The van der Waals surface area contributed by atoms with E-state index in [0.29, 0.717) is 6.54 Å². The summed E-state index contributed by atoms with van der Waals surface area (Å²) in [7, 11) is 0. The summed E-state index contributed by atoms with van der Waals surface area (Å²) in [5.41, 5.74) is 1.13. The highest BCUT2D eigenvalue weighted by Gasteiger charge is 2.12. The van der Waals surface area contributed by atoms with Crippen LogP contribution < -0.4 is 10.6 Å². The summed E-state index contributed by atoms with van der Waals surface area (Å²) >= 11 is 0. The smallest absolute Gasteiger partial charge is 0.234 e. The zero-order chi connectivity index (χ0) is 15.7. The van der Waals surface area contributed by atoms with Crippen LogP contribution in [0.5, 0.6) is 0 Å². The first-order chi connectivity index (χ1) is 10.1. The second-order valence-electron chi connectivity index (χ2n) is 5.46. The van der Waals surface area contributed by atoms with Crippen molar-refractivity contribution in [2.24, 2.45) is 0 Å². The largest absolute Gasteiger partial charge is 0.370 e. The van der Waals surface area contributed by atoms with Crippen molar-refractivity contribution in [2.75, 3.05) is 25.0 Å². The second kappa shape index (κ2) is 9.34. The number of hydrogen-bond acceptors (Lipinski definition) is 4. The minimum Gasteiger partial charge on any atom is -0.370 e. The lowest BCUT2D eigenvalue weighted by Crippen LogP contribution is -2.39. The van der Waals surface area contributed by atoms with Gasteiger partial charge in [0, 0.05) is 30.9 Å². The average molecular weight is 292 g/mol. The molecule has 0 spiro atoms. The van der Waals surface area contributed by atoms with E-state index in [1.807, 2.05) is 19.9 Å². The van der Waals surface area contributed by atoms with E-state index in [2.05, 4.69) is 40.4 Å². The summed E-state index contributed by atoms with van der Waals surface area (Å²) in [6, 6.07) is 4.18. The molecule has 0 aromatic carbocycles. The average Bonchev–Trinajstić information content (AvgIpc) is 2.44. The maximum atomic E-state index is 11.9. The van der Waals surface area contributed by atoms with E-state index >= 15 is 0 Å². The monoisotopic (exact) mass is 292 g/mol. The van der Waals surface area contributed by atoms with Gasteiger partial charge in [-0.1, -0.05) is 19.9 Å². The lowest BCUT2D eigenvalue weighted by molar-refractivity contribution is -0.122. The summed E-state index contributed by atoms with van der Waals surface area (Å²) in [6.45, 7) is 11.0. The first kappa shape index (κ1) is 17.4. The Morgan fingerprint density at radius 1 is 1.38 bits per heavy atom. The topological polar surface area (TPSA) is 57.3 Å². The Morgan fingerprint density at radius 2 is 2.14 bits per heavy atom. The van der Waals surface area contributed by atoms with Crippen LogP contribution in [0.15, 0.2) is 18.3 Å². The fourth-order valence-electron chi connectivity index (χ4n) is 2.06. The van der Waals surface area contributed by atoms with Crippen molar-refractivity contribution >= 4 is 11.7 Å². The highest BCUT2D eigenvalue weighted by molar-refractivity contribution is 5.78. The number of aromatic nitrogens is 1. The van der Waals surface area contributed by atoms with Gasteiger partial charge in [-0.2, -0.15) is 0 Å². The van der Waals surface area contributed by atoms with Crippen molar-refractivity contribution in [3.8, 4) is 0 Å². The number of rotatable bonds is 9. The van der Waals surface area contributed by atoms with E-state index in [0.717, 1.165) is 37.4 Å². The van der Waals surface area contributed by atoms with Crippen LogP contribution in [-0.4, -0.2) is 41.5 Å². The molecule has 1 heterocycles. The van der Waals surface area contributed by atoms with E-state index in [9.17, 15) is 4.79 Å². The lowest BCUT2D eigenvalue weighted by atomic mass is 10.2. The third-order valence-corrected chi connectivity index (χ3v) is 3.09. The highest BCUT2D eigenvalue weighted by atomic mass is 16.2. The molecule has 118 valence electrons. The van der Waals surface area contributed by atoms with E-state index in [1.54, 1.807) is 6.20 Å². The molecule has 0 aliphatic rings. The van der Waals surface area contributed by atoms with Gasteiger partial charge in [0.2, 0.25) is 5.91 Å². The van der Waals surface area contributed by atoms with E-state index < -0.39 is 0 Å². The van der Waals surface area contributed by atoms with Crippen LogP contribution in [-0.2, 0) is 11.3 Å². The molecule has 1 aromatic rings. The fourth-order valence-corrected chi connectivity index (χ4v) is 2.06. The van der Waals surface area contributed by atoms with Crippen LogP contribution in [0.25, 0.3) is 0 Å². The van der Waals surface area contributed by atoms with Gasteiger partial charge in [0.25, 0.3) is 0 Å². The summed E-state index contributed by atoms with van der Waals surface area (Å²) in [5, 5.41) is 6.27. The van der Waals surface area contributed by atoms with Gasteiger partial charge in [-0.05, 0) is 32.9 Å². The Hall–Kier alpha value is -1.62. The van der Waals surface area contributed by atoms with E-state index in [1.165, 1.54) is 0 Å². The van der Waals surface area contributed by atoms with Gasteiger partial charge < -0.3 is 10.6 Å². The predicted octanol–water partition coefficient (Wildman–Crippen LogP) is 2.25. The molecule has 0 atom stereocenters. The number of carbonyl (C=O) groups is 1. The predicted molar refractivity (Wildman–Crippen MR) is 87.2 cm³/mol. The molecule has 0 saturated heterocycles. The Labute approximate surface area is 128 Å². The van der Waals surface area contributed by atoms with Gasteiger partial charge in [0.1, 0.15) is 5.82 Å². The van der Waals surface area contributed by atoms with E-state index in [-0.39, 0.29) is 11.9 Å². The summed E-state index contributed by atoms with van der Waals surface area (Å²) in [6.07, 6.45) is 2.85. The van der Waals surface area contributed by atoms with E-state index in [4.69, 9.17) is 0 Å². The molecule has 1 aromatic heterocycles. The molecule has 5 heteroatoms. The third-order valence-electron chi connectivity index (χ3n) is 3.09. The van der Waals surface area contributed by atoms with Crippen molar-refractivity contribution in [3.63, 3.8) is 0 Å². The molecule has 0 aliphatic carbocycles. The molecule has 2 N–H and O–H groups in total. The maximum Gasteiger partial charge on any atom is 0.234 e. The number of nitrogens with one attached hydrogen (secondary N) is 2. The number of amides is 1. The number of carbonyl (C=O) groups excluding carboxylic acids is 1. The third kappa shape index (κ3) is 6.58. The van der Waals surface area contributed by atoms with Gasteiger partial charge in [-0.3, -0.25) is 9.69 Å². The SMILES string of the molecule is CCCNc1ncccc1CN(CC)CC(=O)NC(C)C. The number of hydrogen-bond donors (Lipinski definition) is 2. The van der Waals surface area contributed by atoms with Crippen LogP contribution >= 0.6 is 0 Å². The molecule has 0 saturated carbocycles.